The van der Waals surface area contributed by atoms with Crippen molar-refractivity contribution in [3.8, 4) is 11.5 Å². The van der Waals surface area contributed by atoms with E-state index in [1.165, 1.54) is 13.0 Å². The normalized spacial score (nSPS) is 10.7. The number of anilines is 1. The molecule has 3 aromatic rings. The van der Waals surface area contributed by atoms with Crippen molar-refractivity contribution in [1.82, 2.24) is 5.32 Å². The van der Waals surface area contributed by atoms with E-state index >= 15 is 0 Å². The Hall–Kier alpha value is -4.39. The molecule has 3 aromatic carbocycles. The molecule has 0 atom stereocenters. The Bertz CT molecular complexity index is 1090. The van der Waals surface area contributed by atoms with Gasteiger partial charge in [0.25, 0.3) is 5.91 Å². The van der Waals surface area contributed by atoms with Crippen LogP contribution in [0.5, 0.6) is 11.5 Å². The van der Waals surface area contributed by atoms with Crippen LogP contribution in [0.25, 0.3) is 6.08 Å². The Balaban J connectivity index is 1.54. The minimum Gasteiger partial charge on any atom is -0.457 e. The molecule has 32 heavy (non-hydrogen) atoms. The molecule has 0 saturated carbocycles. The molecule has 0 aliphatic carbocycles. The van der Waals surface area contributed by atoms with Crippen LogP contribution >= 0.6 is 0 Å². The van der Waals surface area contributed by atoms with Crippen LogP contribution in [0.3, 0.4) is 0 Å². The van der Waals surface area contributed by atoms with E-state index in [0.717, 1.165) is 0 Å². The average Bonchev–Trinajstić information content (AvgIpc) is 2.79. The standard InChI is InChI=1S/C25H22N2O5/c1-18(28)26-23(16-19-8-4-2-5-9-19)25(30)31-17-24(29)27-20-12-14-22(15-13-20)32-21-10-6-3-7-11-21/h2-16H,17H2,1H3,(H,26,28)(H,27,29)/b23-16+. The van der Waals surface area contributed by atoms with Crippen LogP contribution in [0.1, 0.15) is 12.5 Å². The quantitative estimate of drug-likeness (QED) is 0.414. The number of hydrogen-bond acceptors (Lipinski definition) is 5. The highest BCUT2D eigenvalue weighted by Gasteiger charge is 2.15. The average molecular weight is 430 g/mol. The first-order valence-electron chi connectivity index (χ1n) is 9.84. The van der Waals surface area contributed by atoms with Gasteiger partial charge < -0.3 is 20.1 Å². The molecule has 0 heterocycles. The van der Waals surface area contributed by atoms with Crippen molar-refractivity contribution < 1.29 is 23.9 Å². The smallest absolute Gasteiger partial charge is 0.355 e. The molecule has 0 radical (unpaired) electrons. The van der Waals surface area contributed by atoms with E-state index in [9.17, 15) is 14.4 Å². The SMILES string of the molecule is CC(=O)N/C(=C/c1ccccc1)C(=O)OCC(=O)Nc1ccc(Oc2ccccc2)cc1. The second-order valence-electron chi connectivity index (χ2n) is 6.71. The fourth-order valence-corrected chi connectivity index (χ4v) is 2.69. The van der Waals surface area contributed by atoms with E-state index in [1.807, 2.05) is 36.4 Å². The molecular formula is C25H22N2O5. The number of amides is 2. The van der Waals surface area contributed by atoms with Gasteiger partial charge in [-0.15, -0.1) is 0 Å². The summed E-state index contributed by atoms with van der Waals surface area (Å²) in [6.45, 7) is 0.775. The number of ether oxygens (including phenoxy) is 2. The van der Waals surface area contributed by atoms with E-state index < -0.39 is 24.4 Å². The van der Waals surface area contributed by atoms with Crippen LogP contribution < -0.4 is 15.4 Å². The van der Waals surface area contributed by atoms with E-state index in [2.05, 4.69) is 10.6 Å². The summed E-state index contributed by atoms with van der Waals surface area (Å²) in [4.78, 5) is 35.9. The summed E-state index contributed by atoms with van der Waals surface area (Å²) >= 11 is 0. The Morgan fingerprint density at radius 3 is 2.03 bits per heavy atom. The van der Waals surface area contributed by atoms with E-state index in [0.29, 0.717) is 22.7 Å². The van der Waals surface area contributed by atoms with Crippen LogP contribution in [0, 0.1) is 0 Å². The molecule has 2 amide bonds. The van der Waals surface area contributed by atoms with Crippen LogP contribution in [-0.4, -0.2) is 24.4 Å². The van der Waals surface area contributed by atoms with Crippen LogP contribution in [0.2, 0.25) is 0 Å². The third kappa shape index (κ3) is 7.14. The van der Waals surface area contributed by atoms with Gasteiger partial charge in [0.2, 0.25) is 5.91 Å². The first-order chi connectivity index (χ1) is 15.5. The zero-order chi connectivity index (χ0) is 22.8. The molecule has 0 aliphatic rings. The fourth-order valence-electron chi connectivity index (χ4n) is 2.69. The molecule has 0 aliphatic heterocycles. The summed E-state index contributed by atoms with van der Waals surface area (Å²) in [6, 6.07) is 25.1. The van der Waals surface area contributed by atoms with E-state index in [-0.39, 0.29) is 5.70 Å². The predicted molar refractivity (Wildman–Crippen MR) is 121 cm³/mol. The van der Waals surface area contributed by atoms with Gasteiger partial charge in [0.1, 0.15) is 17.2 Å². The number of rotatable bonds is 8. The third-order valence-electron chi connectivity index (χ3n) is 4.09. The molecule has 162 valence electrons. The summed E-state index contributed by atoms with van der Waals surface area (Å²) in [5, 5.41) is 5.07. The zero-order valence-corrected chi connectivity index (χ0v) is 17.4. The van der Waals surface area contributed by atoms with Gasteiger partial charge in [-0.25, -0.2) is 4.79 Å². The molecule has 0 unspecified atom stereocenters. The molecule has 0 aromatic heterocycles. The maximum absolute atomic E-state index is 12.4. The summed E-state index contributed by atoms with van der Waals surface area (Å²) in [5.74, 6) is -0.435. The predicted octanol–water partition coefficient (Wildman–Crippen LogP) is 4.14. The van der Waals surface area contributed by atoms with Crippen LogP contribution in [-0.2, 0) is 19.1 Å². The van der Waals surface area contributed by atoms with Crippen LogP contribution in [0.4, 0.5) is 5.69 Å². The largest absolute Gasteiger partial charge is 0.457 e. The molecule has 3 rings (SSSR count). The van der Waals surface area contributed by atoms with Crippen molar-refractivity contribution in [2.24, 2.45) is 0 Å². The number of hydrogen-bond donors (Lipinski definition) is 2. The lowest BCUT2D eigenvalue weighted by Gasteiger charge is -2.10. The third-order valence-corrected chi connectivity index (χ3v) is 4.09. The van der Waals surface area contributed by atoms with Gasteiger partial charge in [0, 0.05) is 12.6 Å². The highest BCUT2D eigenvalue weighted by Crippen LogP contribution is 2.22. The topological polar surface area (TPSA) is 93.7 Å². The summed E-state index contributed by atoms with van der Waals surface area (Å²) < 4.78 is 10.8. The lowest BCUT2D eigenvalue weighted by atomic mass is 10.2. The molecule has 7 nitrogen and oxygen atoms in total. The monoisotopic (exact) mass is 430 g/mol. The van der Waals surface area contributed by atoms with Crippen LogP contribution in [0.15, 0.2) is 90.6 Å². The van der Waals surface area contributed by atoms with Gasteiger partial charge in [0.05, 0.1) is 0 Å². The molecule has 0 bridgehead atoms. The van der Waals surface area contributed by atoms with Gasteiger partial charge in [-0.3, -0.25) is 9.59 Å². The maximum Gasteiger partial charge on any atom is 0.355 e. The summed E-state index contributed by atoms with van der Waals surface area (Å²) in [5.41, 5.74) is 1.17. The second-order valence-corrected chi connectivity index (χ2v) is 6.71. The minimum atomic E-state index is -0.814. The molecular weight excluding hydrogens is 408 g/mol. The summed E-state index contributed by atoms with van der Waals surface area (Å²) in [6.07, 6.45) is 1.48. The molecule has 0 fully saturated rings. The van der Waals surface area contributed by atoms with Gasteiger partial charge in [-0.1, -0.05) is 48.5 Å². The van der Waals surface area contributed by atoms with Crippen molar-refractivity contribution in [2.75, 3.05) is 11.9 Å². The fraction of sp³-hybridized carbons (Fsp3) is 0.0800. The van der Waals surface area contributed by atoms with Crippen molar-refractivity contribution in [3.05, 3.63) is 96.2 Å². The highest BCUT2D eigenvalue weighted by atomic mass is 16.5. The maximum atomic E-state index is 12.4. The van der Waals surface area contributed by atoms with Gasteiger partial charge in [-0.2, -0.15) is 0 Å². The zero-order valence-electron chi connectivity index (χ0n) is 17.4. The number of carbonyl (C=O) groups is 3. The Morgan fingerprint density at radius 2 is 1.41 bits per heavy atom. The Labute approximate surface area is 185 Å². The first-order valence-corrected chi connectivity index (χ1v) is 9.84. The van der Waals surface area contributed by atoms with Gasteiger partial charge in [0.15, 0.2) is 6.61 Å². The van der Waals surface area contributed by atoms with Crippen molar-refractivity contribution in [3.63, 3.8) is 0 Å². The molecule has 7 heteroatoms. The molecule has 0 saturated heterocycles. The number of carbonyl (C=O) groups excluding carboxylic acids is 3. The number of benzene rings is 3. The number of nitrogens with one attached hydrogen (secondary N) is 2. The van der Waals surface area contributed by atoms with Crippen molar-refractivity contribution in [1.29, 1.82) is 0 Å². The number of esters is 1. The minimum absolute atomic E-state index is 0.0566. The number of para-hydroxylation sites is 1. The lowest BCUT2D eigenvalue weighted by molar-refractivity contribution is -0.144. The highest BCUT2D eigenvalue weighted by molar-refractivity contribution is 5.99. The Morgan fingerprint density at radius 1 is 0.812 bits per heavy atom. The first kappa shape index (κ1) is 22.3. The van der Waals surface area contributed by atoms with Gasteiger partial charge in [-0.05, 0) is 48.0 Å². The van der Waals surface area contributed by atoms with Gasteiger partial charge >= 0.3 is 5.97 Å². The van der Waals surface area contributed by atoms with E-state index in [4.69, 9.17) is 9.47 Å². The lowest BCUT2D eigenvalue weighted by Crippen LogP contribution is -2.28. The summed E-state index contributed by atoms with van der Waals surface area (Å²) in [7, 11) is 0. The van der Waals surface area contributed by atoms with E-state index in [1.54, 1.807) is 48.5 Å². The van der Waals surface area contributed by atoms with Crippen molar-refractivity contribution >= 4 is 29.5 Å². The Kier molecular flexibility index (Phi) is 7.75. The van der Waals surface area contributed by atoms with Crippen molar-refractivity contribution in [2.45, 2.75) is 6.92 Å². The second kappa shape index (κ2) is 11.1. The molecule has 2 N–H and O–H groups in total. The molecule has 0 spiro atoms.